The lowest BCUT2D eigenvalue weighted by molar-refractivity contribution is 0.00578. The molecule has 0 bridgehead atoms. The van der Waals surface area contributed by atoms with Crippen LogP contribution in [0.2, 0.25) is 0 Å². The van der Waals surface area contributed by atoms with E-state index in [0.29, 0.717) is 5.56 Å². The van der Waals surface area contributed by atoms with Crippen LogP contribution in [0.5, 0.6) is 0 Å². The third-order valence-electron chi connectivity index (χ3n) is 4.91. The first-order valence-electron chi connectivity index (χ1n) is 7.85. The molecule has 4 nitrogen and oxygen atoms in total. The molecule has 1 N–H and O–H groups in total. The molecule has 23 heavy (non-hydrogen) atoms. The molecule has 0 spiro atoms. The molecule has 0 radical (unpaired) electrons. The summed E-state index contributed by atoms with van der Waals surface area (Å²) in [7, 11) is 1.22. The van der Waals surface area contributed by atoms with E-state index in [1.165, 1.54) is 0 Å². The lowest BCUT2D eigenvalue weighted by Gasteiger charge is -2.32. The van der Waals surface area contributed by atoms with E-state index in [0.717, 1.165) is 16.2 Å². The molecule has 1 aliphatic rings. The van der Waals surface area contributed by atoms with E-state index in [1.54, 1.807) is 7.05 Å². The van der Waals surface area contributed by atoms with Crippen LogP contribution in [0, 0.1) is 0 Å². The molecule has 0 aromatic heterocycles. The third kappa shape index (κ3) is 2.64. The Balaban J connectivity index is 2.05. The topological polar surface area (TPSA) is 47.6 Å². The fraction of sp³-hybridized carbons (Fsp3) is 0.389. The van der Waals surface area contributed by atoms with Gasteiger partial charge in [0.15, 0.2) is 0 Å². The van der Waals surface area contributed by atoms with Crippen molar-refractivity contribution >= 4 is 29.3 Å². The minimum Gasteiger partial charge on any atom is -0.399 e. The maximum atomic E-state index is 11.8. The highest BCUT2D eigenvalue weighted by Crippen LogP contribution is 2.37. The number of fused-ring (bicyclic) bond motifs is 1. The average Bonchev–Trinajstić information content (AvgIpc) is 2.73. The highest BCUT2D eigenvalue weighted by atomic mass is 16.7. The van der Waals surface area contributed by atoms with Crippen LogP contribution >= 0.6 is 0 Å². The molecule has 1 heterocycles. The Labute approximate surface area is 137 Å². The van der Waals surface area contributed by atoms with Crippen LogP contribution in [0.4, 0.5) is 0 Å². The standard InChI is InChI=1S/C18H22BNO3/c1-17(2)18(3,4)23-19(22-17)15-8-6-7-12-11-13(16(21)20-5)9-10-14(12)15/h6-11H,1-5H3,(H,20,21). The Hall–Kier alpha value is -1.85. The summed E-state index contributed by atoms with van der Waals surface area (Å²) in [5.41, 5.74) is 0.889. The first-order chi connectivity index (χ1) is 10.7. The van der Waals surface area contributed by atoms with Gasteiger partial charge in [-0.3, -0.25) is 4.79 Å². The molecule has 120 valence electrons. The summed E-state index contributed by atoms with van der Waals surface area (Å²) in [4.78, 5) is 11.8. The summed E-state index contributed by atoms with van der Waals surface area (Å²) in [5.74, 6) is -0.0899. The molecule has 1 saturated heterocycles. The number of carbonyl (C=O) groups excluding carboxylic acids is 1. The zero-order valence-electron chi connectivity index (χ0n) is 14.3. The largest absolute Gasteiger partial charge is 0.495 e. The number of hydrogen-bond acceptors (Lipinski definition) is 3. The Morgan fingerprint density at radius 2 is 1.70 bits per heavy atom. The second-order valence-electron chi connectivity index (χ2n) is 6.95. The number of amides is 1. The fourth-order valence-electron chi connectivity index (χ4n) is 2.77. The van der Waals surface area contributed by atoms with Crippen molar-refractivity contribution in [3.05, 3.63) is 42.0 Å². The van der Waals surface area contributed by atoms with Gasteiger partial charge in [-0.25, -0.2) is 0 Å². The Bertz CT molecular complexity index is 754. The summed E-state index contributed by atoms with van der Waals surface area (Å²) >= 11 is 0. The van der Waals surface area contributed by atoms with Gasteiger partial charge in [0.25, 0.3) is 5.91 Å². The molecule has 1 aliphatic heterocycles. The molecular formula is C18H22BNO3. The molecule has 2 aromatic carbocycles. The van der Waals surface area contributed by atoms with Crippen molar-refractivity contribution in [2.24, 2.45) is 0 Å². The van der Waals surface area contributed by atoms with Gasteiger partial charge in [-0.15, -0.1) is 0 Å². The first kappa shape index (κ1) is 16.0. The molecule has 1 amide bonds. The van der Waals surface area contributed by atoms with Crippen molar-refractivity contribution in [2.75, 3.05) is 7.05 Å². The van der Waals surface area contributed by atoms with Gasteiger partial charge in [0, 0.05) is 12.6 Å². The molecule has 0 aliphatic carbocycles. The average molecular weight is 311 g/mol. The maximum absolute atomic E-state index is 11.8. The van der Waals surface area contributed by atoms with Crippen molar-refractivity contribution in [3.63, 3.8) is 0 Å². The smallest absolute Gasteiger partial charge is 0.399 e. The second kappa shape index (κ2) is 5.36. The van der Waals surface area contributed by atoms with Crippen LogP contribution in [0.3, 0.4) is 0 Å². The predicted molar refractivity (Wildman–Crippen MR) is 93.1 cm³/mol. The molecule has 0 saturated carbocycles. The van der Waals surface area contributed by atoms with Crippen molar-refractivity contribution < 1.29 is 14.1 Å². The van der Waals surface area contributed by atoms with Crippen LogP contribution in [0.15, 0.2) is 36.4 Å². The van der Waals surface area contributed by atoms with Crippen LogP contribution in [-0.2, 0) is 9.31 Å². The van der Waals surface area contributed by atoms with E-state index in [-0.39, 0.29) is 17.1 Å². The molecule has 0 unspecified atom stereocenters. The lowest BCUT2D eigenvalue weighted by atomic mass is 9.76. The highest BCUT2D eigenvalue weighted by Gasteiger charge is 2.52. The van der Waals surface area contributed by atoms with Gasteiger partial charge in [-0.1, -0.05) is 24.3 Å². The van der Waals surface area contributed by atoms with Crippen LogP contribution in [0.25, 0.3) is 10.8 Å². The minimum absolute atomic E-state index is 0.0899. The Kier molecular flexibility index (Phi) is 3.73. The lowest BCUT2D eigenvalue weighted by Crippen LogP contribution is -2.41. The number of benzene rings is 2. The Morgan fingerprint density at radius 1 is 1.04 bits per heavy atom. The van der Waals surface area contributed by atoms with Gasteiger partial charge in [0.1, 0.15) is 0 Å². The fourth-order valence-corrected chi connectivity index (χ4v) is 2.77. The van der Waals surface area contributed by atoms with Gasteiger partial charge in [-0.2, -0.15) is 0 Å². The Morgan fingerprint density at radius 3 is 2.30 bits per heavy atom. The van der Waals surface area contributed by atoms with E-state index >= 15 is 0 Å². The first-order valence-corrected chi connectivity index (χ1v) is 7.85. The molecule has 5 heteroatoms. The zero-order chi connectivity index (χ0) is 16.8. The number of carbonyl (C=O) groups is 1. The summed E-state index contributed by atoms with van der Waals surface area (Å²) < 4.78 is 12.3. The summed E-state index contributed by atoms with van der Waals surface area (Å²) in [5, 5.41) is 4.69. The summed E-state index contributed by atoms with van der Waals surface area (Å²) in [6, 6.07) is 11.7. The summed E-state index contributed by atoms with van der Waals surface area (Å²) in [6.07, 6.45) is 0. The van der Waals surface area contributed by atoms with Crippen LogP contribution in [0.1, 0.15) is 38.1 Å². The molecule has 2 aromatic rings. The SMILES string of the molecule is CNC(=O)c1ccc2c(B3OC(C)(C)C(C)(C)O3)cccc2c1. The van der Waals surface area contributed by atoms with E-state index in [4.69, 9.17) is 9.31 Å². The molecule has 3 rings (SSSR count). The van der Waals surface area contributed by atoms with Gasteiger partial charge >= 0.3 is 7.12 Å². The quantitative estimate of drug-likeness (QED) is 0.867. The van der Waals surface area contributed by atoms with E-state index in [2.05, 4.69) is 5.32 Å². The van der Waals surface area contributed by atoms with Gasteiger partial charge in [-0.05, 0) is 56.1 Å². The molecule has 0 atom stereocenters. The van der Waals surface area contributed by atoms with E-state index in [1.807, 2.05) is 64.1 Å². The van der Waals surface area contributed by atoms with Crippen LogP contribution < -0.4 is 10.8 Å². The van der Waals surface area contributed by atoms with E-state index in [9.17, 15) is 4.79 Å². The van der Waals surface area contributed by atoms with Gasteiger partial charge in [0.2, 0.25) is 0 Å². The van der Waals surface area contributed by atoms with Crippen molar-refractivity contribution in [1.29, 1.82) is 0 Å². The van der Waals surface area contributed by atoms with E-state index < -0.39 is 7.12 Å². The number of rotatable bonds is 2. The normalized spacial score (nSPS) is 19.1. The highest BCUT2D eigenvalue weighted by molar-refractivity contribution is 6.65. The van der Waals surface area contributed by atoms with Gasteiger partial charge in [0.05, 0.1) is 11.2 Å². The van der Waals surface area contributed by atoms with Crippen LogP contribution in [-0.4, -0.2) is 31.3 Å². The van der Waals surface area contributed by atoms with Gasteiger partial charge < -0.3 is 14.6 Å². The van der Waals surface area contributed by atoms with Crippen molar-refractivity contribution in [1.82, 2.24) is 5.32 Å². The predicted octanol–water partition coefficient (Wildman–Crippen LogP) is 2.50. The molecule has 1 fully saturated rings. The third-order valence-corrected chi connectivity index (χ3v) is 4.91. The van der Waals surface area contributed by atoms with Crippen molar-refractivity contribution in [2.45, 2.75) is 38.9 Å². The number of nitrogens with one attached hydrogen (secondary N) is 1. The van der Waals surface area contributed by atoms with Crippen molar-refractivity contribution in [3.8, 4) is 0 Å². The maximum Gasteiger partial charge on any atom is 0.495 e. The monoisotopic (exact) mass is 311 g/mol. The number of hydrogen-bond donors (Lipinski definition) is 1. The molecular weight excluding hydrogens is 289 g/mol. The summed E-state index contributed by atoms with van der Waals surface area (Å²) in [6.45, 7) is 8.17. The minimum atomic E-state index is -0.408. The second-order valence-corrected chi connectivity index (χ2v) is 6.95. The zero-order valence-corrected chi connectivity index (χ0v) is 14.3.